The van der Waals surface area contributed by atoms with Gasteiger partial charge in [-0.25, -0.2) is 9.18 Å². The molecule has 0 spiro atoms. The molecule has 1 aliphatic rings. The minimum absolute atomic E-state index is 0.0529. The lowest BCUT2D eigenvalue weighted by Gasteiger charge is -2.39. The summed E-state index contributed by atoms with van der Waals surface area (Å²) in [5, 5.41) is 3.36. The molecular formula is C37H50FN5O5. The van der Waals surface area contributed by atoms with E-state index in [1.165, 1.54) is 12.1 Å². The summed E-state index contributed by atoms with van der Waals surface area (Å²) < 4.78 is 32.1. The maximum Gasteiger partial charge on any atom is 0.415 e. The quantitative estimate of drug-likeness (QED) is 0.216. The highest BCUT2D eigenvalue weighted by Gasteiger charge is 2.39. The van der Waals surface area contributed by atoms with E-state index in [1.54, 1.807) is 42.2 Å². The number of carbonyl (C=O) groups is 2. The van der Waals surface area contributed by atoms with Gasteiger partial charge in [-0.2, -0.15) is 0 Å². The normalized spacial score (nSPS) is 13.8. The van der Waals surface area contributed by atoms with Crippen LogP contribution in [0.4, 0.5) is 20.6 Å². The minimum atomic E-state index is -0.809. The highest BCUT2D eigenvalue weighted by atomic mass is 19.1. The van der Waals surface area contributed by atoms with Crippen LogP contribution in [-0.4, -0.2) is 101 Å². The zero-order valence-corrected chi connectivity index (χ0v) is 29.8. The second-order valence-electron chi connectivity index (χ2n) is 13.3. The predicted octanol–water partition coefficient (Wildman–Crippen LogP) is 6.26. The van der Waals surface area contributed by atoms with E-state index in [2.05, 4.69) is 15.1 Å². The van der Waals surface area contributed by atoms with E-state index >= 15 is 0 Å². The molecule has 4 rings (SSSR count). The number of hydrogen-bond acceptors (Lipinski definition) is 8. The van der Waals surface area contributed by atoms with Gasteiger partial charge in [-0.15, -0.1) is 0 Å². The van der Waals surface area contributed by atoms with Crippen LogP contribution in [0.3, 0.4) is 0 Å². The molecule has 3 aromatic rings. The smallest absolute Gasteiger partial charge is 0.415 e. The van der Waals surface area contributed by atoms with E-state index in [1.807, 2.05) is 67.2 Å². The van der Waals surface area contributed by atoms with Crippen molar-refractivity contribution in [2.75, 3.05) is 78.7 Å². The molecule has 1 heterocycles. The van der Waals surface area contributed by atoms with E-state index in [0.29, 0.717) is 47.2 Å². The fraction of sp³-hybridized carbons (Fsp3) is 0.459. The summed E-state index contributed by atoms with van der Waals surface area (Å²) in [5.74, 6) is 0.736. The van der Waals surface area contributed by atoms with E-state index < -0.39 is 17.4 Å². The molecule has 0 radical (unpaired) electrons. The maximum atomic E-state index is 14.1. The average molecular weight is 664 g/mol. The van der Waals surface area contributed by atoms with Crippen LogP contribution in [-0.2, 0) is 11.4 Å². The standard InChI is InChI=1S/C37H50FN5O5/c1-25-12-13-26(38)22-32(25)47-24-30-28(16-17-31-34(30)42(8)35(44)37(2,3)39-31)29-15-14-27(23-33(29)46-9)48-36(45)43(20-10-18-40(4)5)21-11-19-41(6)7/h12-17,22-23,39H,10-11,18-21,24H2,1-9H3. The van der Waals surface area contributed by atoms with Crippen molar-refractivity contribution >= 4 is 23.4 Å². The van der Waals surface area contributed by atoms with Gasteiger partial charge < -0.3 is 39.1 Å². The Hall–Kier alpha value is -4.35. The monoisotopic (exact) mass is 663 g/mol. The van der Waals surface area contributed by atoms with E-state index in [4.69, 9.17) is 14.2 Å². The Balaban J connectivity index is 1.69. The number of carbonyl (C=O) groups excluding carboxylic acids is 2. The number of aryl methyl sites for hydroxylation is 1. The molecule has 0 aromatic heterocycles. The van der Waals surface area contributed by atoms with Crippen molar-refractivity contribution in [2.24, 2.45) is 0 Å². The molecule has 1 aliphatic heterocycles. The van der Waals surface area contributed by atoms with Crippen LogP contribution in [0.5, 0.6) is 17.2 Å². The SMILES string of the molecule is COc1cc(OC(=O)N(CCCN(C)C)CCCN(C)C)ccc1-c1ccc2c(c1COc1cc(F)ccc1C)N(C)C(=O)C(C)(C)N2. The molecule has 0 saturated carbocycles. The third-order valence-electron chi connectivity index (χ3n) is 8.42. The fourth-order valence-electron chi connectivity index (χ4n) is 5.88. The van der Waals surface area contributed by atoms with Crippen molar-refractivity contribution in [3.8, 4) is 28.4 Å². The number of hydrogen-bond donors (Lipinski definition) is 1. The van der Waals surface area contributed by atoms with Gasteiger partial charge in [0.05, 0.1) is 18.5 Å². The van der Waals surface area contributed by atoms with Gasteiger partial charge in [0.25, 0.3) is 5.91 Å². The number of anilines is 2. The number of nitrogens with one attached hydrogen (secondary N) is 1. The van der Waals surface area contributed by atoms with Crippen LogP contribution >= 0.6 is 0 Å². The van der Waals surface area contributed by atoms with Crippen LogP contribution in [0.1, 0.15) is 37.8 Å². The number of halogens is 1. The van der Waals surface area contributed by atoms with Gasteiger partial charge in [-0.05, 0) is 110 Å². The Morgan fingerprint density at radius 2 is 1.54 bits per heavy atom. The predicted molar refractivity (Wildman–Crippen MR) is 189 cm³/mol. The Bertz CT molecular complexity index is 1600. The minimum Gasteiger partial charge on any atom is -0.496 e. The molecular weight excluding hydrogens is 613 g/mol. The number of likely N-dealkylation sites (N-methyl/N-ethyl adjacent to an activating group) is 1. The van der Waals surface area contributed by atoms with Gasteiger partial charge in [0.2, 0.25) is 0 Å². The number of ether oxygens (including phenoxy) is 3. The molecule has 0 atom stereocenters. The Kier molecular flexibility index (Phi) is 11.9. The number of fused-ring (bicyclic) bond motifs is 1. The molecule has 0 bridgehead atoms. The van der Waals surface area contributed by atoms with Crippen LogP contribution in [0, 0.1) is 12.7 Å². The molecule has 2 amide bonds. The number of amides is 2. The second kappa shape index (κ2) is 15.7. The molecule has 0 aliphatic carbocycles. The van der Waals surface area contributed by atoms with E-state index in [9.17, 15) is 14.0 Å². The summed E-state index contributed by atoms with van der Waals surface area (Å²) in [7, 11) is 11.4. The molecule has 0 fully saturated rings. The third kappa shape index (κ3) is 8.76. The summed E-state index contributed by atoms with van der Waals surface area (Å²) in [5.41, 5.74) is 3.60. The molecule has 11 heteroatoms. The van der Waals surface area contributed by atoms with Crippen molar-refractivity contribution in [1.29, 1.82) is 0 Å². The Morgan fingerprint density at radius 3 is 2.17 bits per heavy atom. The number of methoxy groups -OCH3 is 1. The average Bonchev–Trinajstić information content (AvgIpc) is 3.02. The number of rotatable bonds is 14. The van der Waals surface area contributed by atoms with Gasteiger partial charge in [0.15, 0.2) is 0 Å². The lowest BCUT2D eigenvalue weighted by atomic mass is 9.91. The van der Waals surface area contributed by atoms with Gasteiger partial charge in [0.1, 0.15) is 35.2 Å². The highest BCUT2D eigenvalue weighted by molar-refractivity contribution is 6.08. The van der Waals surface area contributed by atoms with Crippen molar-refractivity contribution in [1.82, 2.24) is 14.7 Å². The van der Waals surface area contributed by atoms with Gasteiger partial charge in [0, 0.05) is 43.4 Å². The lowest BCUT2D eigenvalue weighted by Crippen LogP contribution is -2.52. The third-order valence-corrected chi connectivity index (χ3v) is 8.42. The van der Waals surface area contributed by atoms with Crippen LogP contribution in [0.2, 0.25) is 0 Å². The van der Waals surface area contributed by atoms with Crippen molar-refractivity contribution in [3.63, 3.8) is 0 Å². The Labute approximate surface area is 284 Å². The first-order chi connectivity index (χ1) is 22.7. The number of benzene rings is 3. The molecule has 48 heavy (non-hydrogen) atoms. The van der Waals surface area contributed by atoms with Crippen LogP contribution in [0.25, 0.3) is 11.1 Å². The Morgan fingerprint density at radius 1 is 0.896 bits per heavy atom. The van der Waals surface area contributed by atoms with Gasteiger partial charge >= 0.3 is 6.09 Å². The largest absolute Gasteiger partial charge is 0.496 e. The van der Waals surface area contributed by atoms with Gasteiger partial charge in [-0.1, -0.05) is 12.1 Å². The first kappa shape index (κ1) is 36.5. The lowest BCUT2D eigenvalue weighted by molar-refractivity contribution is -0.121. The van der Waals surface area contributed by atoms with Crippen molar-refractivity contribution in [2.45, 2.75) is 45.8 Å². The molecule has 0 saturated heterocycles. The summed E-state index contributed by atoms with van der Waals surface area (Å²) in [4.78, 5) is 34.3. The summed E-state index contributed by atoms with van der Waals surface area (Å²) in [6.07, 6.45) is 1.24. The van der Waals surface area contributed by atoms with E-state index in [-0.39, 0.29) is 12.5 Å². The highest BCUT2D eigenvalue weighted by Crippen LogP contribution is 2.45. The molecule has 0 unspecified atom stereocenters. The van der Waals surface area contributed by atoms with Gasteiger partial charge in [-0.3, -0.25) is 4.79 Å². The van der Waals surface area contributed by atoms with Crippen LogP contribution in [0.15, 0.2) is 48.5 Å². The number of nitrogens with zero attached hydrogens (tertiary/aromatic N) is 4. The summed E-state index contributed by atoms with van der Waals surface area (Å²) in [6.45, 7) is 8.47. The van der Waals surface area contributed by atoms with Crippen LogP contribution < -0.4 is 24.4 Å². The van der Waals surface area contributed by atoms with Crippen molar-refractivity contribution in [3.05, 3.63) is 65.5 Å². The molecule has 10 nitrogen and oxygen atoms in total. The van der Waals surface area contributed by atoms with E-state index in [0.717, 1.165) is 42.7 Å². The summed E-state index contributed by atoms with van der Waals surface area (Å²) in [6, 6.07) is 13.6. The zero-order valence-electron chi connectivity index (χ0n) is 29.8. The first-order valence-corrected chi connectivity index (χ1v) is 16.3. The maximum absolute atomic E-state index is 14.1. The fourth-order valence-corrected chi connectivity index (χ4v) is 5.88. The first-order valence-electron chi connectivity index (χ1n) is 16.3. The second-order valence-corrected chi connectivity index (χ2v) is 13.3. The molecule has 3 aromatic carbocycles. The zero-order chi connectivity index (χ0) is 35.2. The summed E-state index contributed by atoms with van der Waals surface area (Å²) >= 11 is 0. The molecule has 260 valence electrons. The van der Waals surface area contributed by atoms with Crippen molar-refractivity contribution < 1.29 is 28.2 Å². The topological polar surface area (TPSA) is 86.8 Å². The molecule has 1 N–H and O–H groups in total.